The van der Waals surface area contributed by atoms with Gasteiger partial charge in [0.15, 0.2) is 0 Å². The molecule has 0 spiro atoms. The third-order valence-electron chi connectivity index (χ3n) is 2.25. The summed E-state index contributed by atoms with van der Waals surface area (Å²) in [6.45, 7) is 0. The topological polar surface area (TPSA) is 0 Å². The molecule has 0 atom stereocenters. The number of hydrogen-bond donors (Lipinski definition) is 0. The molecule has 0 N–H and O–H groups in total. The molecule has 9 heteroatoms. The summed E-state index contributed by atoms with van der Waals surface area (Å²) < 4.78 is 0. The van der Waals surface area contributed by atoms with Crippen LogP contribution in [0.25, 0.3) is 0 Å². The van der Waals surface area contributed by atoms with E-state index in [1.807, 2.05) is 12.1 Å². The summed E-state index contributed by atoms with van der Waals surface area (Å²) in [5.74, 6) is 0. The number of rotatable bonds is 4. The third kappa shape index (κ3) is 4.62. The Bertz CT molecular complexity index is 619. The molecular formula is C12H4Cl6S3. The van der Waals surface area contributed by atoms with Crippen LogP contribution in [0.5, 0.6) is 0 Å². The molecule has 0 nitrogen and oxygen atoms in total. The summed E-state index contributed by atoms with van der Waals surface area (Å²) in [6.07, 6.45) is 0. The molecule has 0 radical (unpaired) electrons. The van der Waals surface area contributed by atoms with Gasteiger partial charge >= 0.3 is 0 Å². The monoisotopic (exact) mass is 454 g/mol. The molecule has 0 unspecified atom stereocenters. The molecule has 2 aromatic carbocycles. The van der Waals surface area contributed by atoms with E-state index in [0.717, 1.165) is 9.79 Å². The van der Waals surface area contributed by atoms with E-state index in [0.29, 0.717) is 30.1 Å². The Morgan fingerprint density at radius 1 is 0.524 bits per heavy atom. The molecule has 0 aliphatic rings. The zero-order valence-corrected chi connectivity index (χ0v) is 16.8. The second kappa shape index (κ2) is 8.36. The molecule has 0 saturated heterocycles. The van der Waals surface area contributed by atoms with Gasteiger partial charge in [-0.15, -0.1) is 0 Å². The van der Waals surface area contributed by atoms with Crippen LogP contribution in [-0.2, 0) is 0 Å². The van der Waals surface area contributed by atoms with Crippen LogP contribution in [0.2, 0.25) is 30.1 Å². The van der Waals surface area contributed by atoms with Crippen molar-refractivity contribution in [3.63, 3.8) is 0 Å². The van der Waals surface area contributed by atoms with Gasteiger partial charge in [-0.2, -0.15) is 0 Å². The molecular weight excluding hydrogens is 453 g/mol. The van der Waals surface area contributed by atoms with E-state index in [-0.39, 0.29) is 0 Å². The molecule has 2 aromatic rings. The van der Waals surface area contributed by atoms with Crippen molar-refractivity contribution in [1.29, 1.82) is 0 Å². The van der Waals surface area contributed by atoms with Gasteiger partial charge in [0.2, 0.25) is 0 Å². The van der Waals surface area contributed by atoms with E-state index in [4.69, 9.17) is 69.6 Å². The molecule has 0 fully saturated rings. The maximum absolute atomic E-state index is 6.13. The number of benzene rings is 2. The van der Waals surface area contributed by atoms with Gasteiger partial charge < -0.3 is 0 Å². The Hall–Kier alpha value is 1.23. The van der Waals surface area contributed by atoms with Gasteiger partial charge in [0, 0.05) is 9.79 Å². The second-order valence-corrected chi connectivity index (χ2v) is 9.89. The van der Waals surface area contributed by atoms with E-state index in [9.17, 15) is 0 Å². The van der Waals surface area contributed by atoms with Crippen LogP contribution < -0.4 is 0 Å². The normalized spacial score (nSPS) is 11.0. The largest absolute Gasteiger partial charge is 0.0827 e. The minimum atomic E-state index is 0.349. The number of halogens is 6. The summed E-state index contributed by atoms with van der Waals surface area (Å²) in [4.78, 5) is 1.64. The van der Waals surface area contributed by atoms with Crippen molar-refractivity contribution in [3.8, 4) is 0 Å². The highest BCUT2D eigenvalue weighted by Gasteiger charge is 2.12. The van der Waals surface area contributed by atoms with Crippen molar-refractivity contribution in [2.75, 3.05) is 0 Å². The fourth-order valence-electron chi connectivity index (χ4n) is 1.24. The summed E-state index contributed by atoms with van der Waals surface area (Å²) in [7, 11) is 4.38. The molecule has 0 heterocycles. The van der Waals surface area contributed by atoms with Crippen LogP contribution in [0.15, 0.2) is 34.1 Å². The third-order valence-corrected chi connectivity index (χ3v) is 8.94. The van der Waals surface area contributed by atoms with Crippen molar-refractivity contribution in [2.45, 2.75) is 9.79 Å². The molecule has 0 aliphatic heterocycles. The maximum Gasteiger partial charge on any atom is 0.0790 e. The van der Waals surface area contributed by atoms with Gasteiger partial charge in [-0.3, -0.25) is 0 Å². The van der Waals surface area contributed by atoms with E-state index < -0.39 is 0 Å². The van der Waals surface area contributed by atoms with Crippen LogP contribution in [0, 0.1) is 0 Å². The lowest BCUT2D eigenvalue weighted by molar-refractivity contribution is 1.47. The zero-order chi connectivity index (χ0) is 15.6. The van der Waals surface area contributed by atoms with Gasteiger partial charge in [-0.1, -0.05) is 69.6 Å². The van der Waals surface area contributed by atoms with E-state index >= 15 is 0 Å². The van der Waals surface area contributed by atoms with Gasteiger partial charge in [0.05, 0.1) is 30.1 Å². The predicted octanol–water partition coefficient (Wildman–Crippen LogP) is 9.05. The van der Waals surface area contributed by atoms with Crippen molar-refractivity contribution in [3.05, 3.63) is 54.4 Å². The van der Waals surface area contributed by atoms with Gasteiger partial charge in [0.25, 0.3) is 0 Å². The first kappa shape index (κ1) is 18.6. The lowest BCUT2D eigenvalue weighted by Crippen LogP contribution is -1.77. The van der Waals surface area contributed by atoms with Gasteiger partial charge in [0.1, 0.15) is 0 Å². The highest BCUT2D eigenvalue weighted by molar-refractivity contribution is 9.09. The Kier molecular flexibility index (Phi) is 7.40. The summed E-state index contributed by atoms with van der Waals surface area (Å²) in [5, 5.41) is 2.42. The molecule has 0 saturated carbocycles. The minimum absolute atomic E-state index is 0.349. The summed E-state index contributed by atoms with van der Waals surface area (Å²) in [5.41, 5.74) is 0. The van der Waals surface area contributed by atoms with Crippen molar-refractivity contribution in [1.82, 2.24) is 0 Å². The van der Waals surface area contributed by atoms with Crippen LogP contribution in [0.3, 0.4) is 0 Å². The minimum Gasteiger partial charge on any atom is -0.0827 e. The lowest BCUT2D eigenvalue weighted by Gasteiger charge is -2.08. The zero-order valence-electron chi connectivity index (χ0n) is 9.80. The SMILES string of the molecule is Clc1ccc(SSSc2ccc(Cl)c(Cl)c2Cl)c(Cl)c1Cl. The molecule has 0 amide bonds. The molecule has 112 valence electrons. The number of hydrogen-bond acceptors (Lipinski definition) is 3. The predicted molar refractivity (Wildman–Crippen MR) is 102 cm³/mol. The molecule has 0 bridgehead atoms. The molecule has 21 heavy (non-hydrogen) atoms. The first-order chi connectivity index (χ1) is 9.91. The van der Waals surface area contributed by atoms with Crippen molar-refractivity contribution in [2.24, 2.45) is 0 Å². The highest BCUT2D eigenvalue weighted by atomic mass is 35.5. The standard InChI is InChI=1S/C12H4Cl6S3/c13-5-1-3-7(11(17)9(5)15)19-21-20-8-4-2-6(14)10(16)12(8)18/h1-4H. The average Bonchev–Trinajstić information content (AvgIpc) is 2.47. The Morgan fingerprint density at radius 3 is 1.29 bits per heavy atom. The molecule has 0 aromatic heterocycles. The summed E-state index contributed by atoms with van der Waals surface area (Å²) >= 11 is 36.0. The van der Waals surface area contributed by atoms with E-state index in [2.05, 4.69) is 0 Å². The first-order valence-corrected chi connectivity index (χ1v) is 10.9. The Labute approximate surface area is 163 Å². The first-order valence-electron chi connectivity index (χ1n) is 5.20. The smallest absolute Gasteiger partial charge is 0.0790 e. The van der Waals surface area contributed by atoms with E-state index in [1.165, 1.54) is 31.4 Å². The highest BCUT2D eigenvalue weighted by Crippen LogP contribution is 2.51. The van der Waals surface area contributed by atoms with Crippen LogP contribution in [0.4, 0.5) is 0 Å². The maximum atomic E-state index is 6.13. The average molecular weight is 457 g/mol. The fraction of sp³-hybridized carbons (Fsp3) is 0. The van der Waals surface area contributed by atoms with Gasteiger partial charge in [-0.25, -0.2) is 0 Å². The van der Waals surface area contributed by atoms with Crippen molar-refractivity contribution < 1.29 is 0 Å². The molecule has 0 aliphatic carbocycles. The second-order valence-electron chi connectivity index (χ2n) is 3.58. The Balaban J connectivity index is 2.06. The van der Waals surface area contributed by atoms with Gasteiger partial charge in [-0.05, 0) is 55.7 Å². The fourth-order valence-corrected chi connectivity index (χ4v) is 6.70. The van der Waals surface area contributed by atoms with Crippen molar-refractivity contribution >= 4 is 101 Å². The molecule has 2 rings (SSSR count). The van der Waals surface area contributed by atoms with Crippen LogP contribution in [0.1, 0.15) is 0 Å². The van der Waals surface area contributed by atoms with Crippen LogP contribution >= 0.6 is 101 Å². The summed E-state index contributed by atoms with van der Waals surface area (Å²) in [6, 6.07) is 7.03. The van der Waals surface area contributed by atoms with Crippen LogP contribution in [-0.4, -0.2) is 0 Å². The Morgan fingerprint density at radius 2 is 0.905 bits per heavy atom. The van der Waals surface area contributed by atoms with E-state index in [1.54, 1.807) is 12.1 Å². The quantitative estimate of drug-likeness (QED) is 0.332. The lowest BCUT2D eigenvalue weighted by atomic mass is 10.4.